The van der Waals surface area contributed by atoms with Gasteiger partial charge in [0.2, 0.25) is 11.8 Å². The lowest BCUT2D eigenvalue weighted by atomic mass is 9.95. The number of pyridine rings is 1. The molecule has 2 aliphatic rings. The Morgan fingerprint density at radius 3 is 2.68 bits per heavy atom. The van der Waals surface area contributed by atoms with Gasteiger partial charge in [-0.15, -0.1) is 0 Å². The van der Waals surface area contributed by atoms with Gasteiger partial charge < -0.3 is 20.7 Å². The molecule has 0 bridgehead atoms. The van der Waals surface area contributed by atoms with Crippen LogP contribution in [0.2, 0.25) is 0 Å². The number of amides is 1. The number of ether oxygens (including phenoxy) is 1. The predicted molar refractivity (Wildman–Crippen MR) is 138 cm³/mol. The van der Waals surface area contributed by atoms with Gasteiger partial charge in [0.1, 0.15) is 0 Å². The number of halogens is 3. The first kappa shape index (κ1) is 28.0. The Labute approximate surface area is 215 Å². The molecular formula is C27H34F3N5O2. The first-order valence-electron chi connectivity index (χ1n) is 12.2. The SMILES string of the molecule is C=C(C)N1CCC(C(=O)NC2=C(C)CC=CC(N)=C2C=NCc2cnc(OCC(F)(F)F)c(C)c2)CC1. The number of aryl methyl sites for hydroxylation is 1. The van der Waals surface area contributed by atoms with E-state index in [2.05, 4.69) is 26.8 Å². The number of hydrogen-bond donors (Lipinski definition) is 2. The molecule has 0 atom stereocenters. The molecule has 0 aromatic carbocycles. The molecule has 1 amide bonds. The third-order valence-electron chi connectivity index (χ3n) is 6.34. The van der Waals surface area contributed by atoms with Crippen molar-refractivity contribution in [3.63, 3.8) is 0 Å². The first-order chi connectivity index (χ1) is 17.4. The molecule has 1 aliphatic heterocycles. The second-order valence-corrected chi connectivity index (χ2v) is 9.46. The number of carbonyl (C=O) groups excluding carboxylic acids is 1. The van der Waals surface area contributed by atoms with Crippen LogP contribution in [0.15, 0.2) is 64.2 Å². The molecular weight excluding hydrogens is 483 g/mol. The van der Waals surface area contributed by atoms with Crippen LogP contribution in [-0.4, -0.2) is 47.9 Å². The van der Waals surface area contributed by atoms with Crippen LogP contribution in [0.5, 0.6) is 5.88 Å². The summed E-state index contributed by atoms with van der Waals surface area (Å²) in [6, 6.07) is 1.68. The summed E-state index contributed by atoms with van der Waals surface area (Å²) in [5.74, 6) is -0.201. The number of nitrogens with two attached hydrogens (primary N) is 1. The number of rotatable bonds is 8. The highest BCUT2D eigenvalue weighted by Crippen LogP contribution is 2.25. The number of nitrogens with zero attached hydrogens (tertiary/aromatic N) is 3. The number of piperidine rings is 1. The number of nitrogens with one attached hydrogen (secondary N) is 1. The molecule has 1 saturated heterocycles. The van der Waals surface area contributed by atoms with E-state index >= 15 is 0 Å². The minimum Gasteiger partial charge on any atom is -0.468 e. The molecule has 1 fully saturated rings. The number of alkyl halides is 3. The van der Waals surface area contributed by atoms with Gasteiger partial charge in [0, 0.05) is 53.9 Å². The molecule has 1 aliphatic carbocycles. The zero-order chi connectivity index (χ0) is 27.2. The Bertz CT molecular complexity index is 1140. The second kappa shape index (κ2) is 12.1. The van der Waals surface area contributed by atoms with Crippen LogP contribution in [0.25, 0.3) is 0 Å². The molecule has 3 N–H and O–H groups in total. The summed E-state index contributed by atoms with van der Waals surface area (Å²) in [6.45, 7) is 9.96. The first-order valence-corrected chi connectivity index (χ1v) is 12.2. The van der Waals surface area contributed by atoms with Crippen LogP contribution >= 0.6 is 0 Å². The summed E-state index contributed by atoms with van der Waals surface area (Å²) in [6.07, 6.45) is 4.51. The number of aliphatic imine (C=N–C) groups is 1. The van der Waals surface area contributed by atoms with Gasteiger partial charge in [-0.2, -0.15) is 13.2 Å². The molecule has 1 aromatic rings. The fourth-order valence-electron chi connectivity index (χ4n) is 4.24. The average Bonchev–Trinajstić information content (AvgIpc) is 2.96. The maximum absolute atomic E-state index is 13.1. The molecule has 0 unspecified atom stereocenters. The van der Waals surface area contributed by atoms with Gasteiger partial charge in [0.05, 0.1) is 12.2 Å². The topological polar surface area (TPSA) is 92.8 Å². The van der Waals surface area contributed by atoms with E-state index in [1.165, 1.54) is 6.20 Å². The lowest BCUT2D eigenvalue weighted by Gasteiger charge is -2.33. The van der Waals surface area contributed by atoms with Gasteiger partial charge in [-0.05, 0) is 63.3 Å². The summed E-state index contributed by atoms with van der Waals surface area (Å²) < 4.78 is 42.0. The fourth-order valence-corrected chi connectivity index (χ4v) is 4.24. The van der Waals surface area contributed by atoms with E-state index in [4.69, 9.17) is 10.5 Å². The lowest BCUT2D eigenvalue weighted by Crippen LogP contribution is -2.40. The summed E-state index contributed by atoms with van der Waals surface area (Å²) >= 11 is 0. The number of aromatic nitrogens is 1. The molecule has 3 rings (SSSR count). The number of hydrogen-bond acceptors (Lipinski definition) is 6. The van der Waals surface area contributed by atoms with Gasteiger partial charge in [0.25, 0.3) is 0 Å². The lowest BCUT2D eigenvalue weighted by molar-refractivity contribution is -0.154. The van der Waals surface area contributed by atoms with Crippen LogP contribution in [-0.2, 0) is 11.3 Å². The molecule has 1 aromatic heterocycles. The summed E-state index contributed by atoms with van der Waals surface area (Å²) in [4.78, 5) is 23.8. The Hall–Kier alpha value is -3.56. The highest BCUT2D eigenvalue weighted by molar-refractivity contribution is 5.91. The van der Waals surface area contributed by atoms with Crippen molar-refractivity contribution in [2.24, 2.45) is 16.6 Å². The maximum Gasteiger partial charge on any atom is 0.422 e. The molecule has 0 radical (unpaired) electrons. The minimum atomic E-state index is -4.43. The van der Waals surface area contributed by atoms with Crippen LogP contribution in [0.1, 0.15) is 44.2 Å². The summed E-state index contributed by atoms with van der Waals surface area (Å²) in [7, 11) is 0. The standard InChI is InChI=1S/C27H34F3N5O2/c1-17(2)35-10-8-21(9-11-35)25(36)34-24-18(3)6-5-7-23(31)22(24)15-32-13-20-12-19(4)26(33-14-20)37-16-27(28,29)30/h5,7,12,14-15,21H,1,6,8-11,13,16,31H2,2-4H3,(H,34,36). The smallest absolute Gasteiger partial charge is 0.422 e. The summed E-state index contributed by atoms with van der Waals surface area (Å²) in [5.41, 5.74) is 11.2. The minimum absolute atomic E-state index is 0.0365. The van der Waals surface area contributed by atoms with E-state index in [9.17, 15) is 18.0 Å². The molecule has 37 heavy (non-hydrogen) atoms. The monoisotopic (exact) mass is 517 g/mol. The van der Waals surface area contributed by atoms with Gasteiger partial charge in [-0.25, -0.2) is 4.98 Å². The maximum atomic E-state index is 13.1. The quantitative estimate of drug-likeness (QED) is 0.487. The van der Waals surface area contributed by atoms with Crippen molar-refractivity contribution in [3.8, 4) is 5.88 Å². The number of allylic oxidation sites excluding steroid dienone is 5. The molecule has 2 heterocycles. The predicted octanol–water partition coefficient (Wildman–Crippen LogP) is 4.71. The third kappa shape index (κ3) is 7.96. The Morgan fingerprint density at radius 1 is 1.35 bits per heavy atom. The average molecular weight is 518 g/mol. The van der Waals surface area contributed by atoms with Crippen LogP contribution < -0.4 is 15.8 Å². The van der Waals surface area contributed by atoms with E-state index < -0.39 is 12.8 Å². The second-order valence-electron chi connectivity index (χ2n) is 9.46. The Morgan fingerprint density at radius 2 is 2.05 bits per heavy atom. The molecule has 7 nitrogen and oxygen atoms in total. The van der Waals surface area contributed by atoms with Crippen LogP contribution in [0.4, 0.5) is 13.2 Å². The van der Waals surface area contributed by atoms with E-state index in [1.807, 2.05) is 19.9 Å². The van der Waals surface area contributed by atoms with Crippen molar-refractivity contribution in [3.05, 3.63) is 70.4 Å². The number of likely N-dealkylation sites (tertiary alicyclic amines) is 1. The zero-order valence-corrected chi connectivity index (χ0v) is 21.5. The number of carbonyl (C=O) groups is 1. The van der Waals surface area contributed by atoms with Gasteiger partial charge in [-0.1, -0.05) is 12.7 Å². The van der Waals surface area contributed by atoms with Gasteiger partial charge in [0.15, 0.2) is 6.61 Å². The van der Waals surface area contributed by atoms with E-state index in [1.54, 1.807) is 25.3 Å². The highest BCUT2D eigenvalue weighted by Gasteiger charge is 2.29. The van der Waals surface area contributed by atoms with Crippen molar-refractivity contribution in [2.45, 2.75) is 52.8 Å². The van der Waals surface area contributed by atoms with Crippen molar-refractivity contribution in [2.75, 3.05) is 19.7 Å². The zero-order valence-electron chi connectivity index (χ0n) is 21.5. The van der Waals surface area contributed by atoms with E-state index in [0.717, 1.165) is 37.2 Å². The largest absolute Gasteiger partial charge is 0.468 e. The van der Waals surface area contributed by atoms with Crippen LogP contribution in [0.3, 0.4) is 0 Å². The van der Waals surface area contributed by atoms with Crippen molar-refractivity contribution >= 4 is 12.1 Å². The normalized spacial score (nSPS) is 17.4. The van der Waals surface area contributed by atoms with Crippen molar-refractivity contribution < 1.29 is 22.7 Å². The molecule has 0 spiro atoms. The van der Waals surface area contributed by atoms with E-state index in [-0.39, 0.29) is 24.2 Å². The Balaban J connectivity index is 1.69. The van der Waals surface area contributed by atoms with Gasteiger partial charge in [-0.3, -0.25) is 9.79 Å². The molecule has 200 valence electrons. The third-order valence-corrected chi connectivity index (χ3v) is 6.34. The molecule has 10 heteroatoms. The van der Waals surface area contributed by atoms with Crippen LogP contribution in [0, 0.1) is 12.8 Å². The van der Waals surface area contributed by atoms with Crippen molar-refractivity contribution in [1.29, 1.82) is 0 Å². The Kier molecular flexibility index (Phi) is 9.18. The van der Waals surface area contributed by atoms with Crippen molar-refractivity contribution in [1.82, 2.24) is 15.2 Å². The summed E-state index contributed by atoms with van der Waals surface area (Å²) in [5, 5.41) is 3.10. The fraction of sp³-hybridized carbons (Fsp3) is 0.444. The van der Waals surface area contributed by atoms with E-state index in [0.29, 0.717) is 34.5 Å². The molecule has 0 saturated carbocycles. The van der Waals surface area contributed by atoms with Gasteiger partial charge >= 0.3 is 6.18 Å². The highest BCUT2D eigenvalue weighted by atomic mass is 19.4.